The molecule has 116 valence electrons. The molecule has 22 heavy (non-hydrogen) atoms. The summed E-state index contributed by atoms with van der Waals surface area (Å²) in [5, 5.41) is 3.53. The number of anilines is 1. The molecule has 1 N–H and O–H groups in total. The van der Waals surface area contributed by atoms with Crippen molar-refractivity contribution in [2.24, 2.45) is 0 Å². The number of amides is 1. The zero-order valence-electron chi connectivity index (χ0n) is 13.1. The van der Waals surface area contributed by atoms with Crippen LogP contribution in [0.4, 0.5) is 5.69 Å². The van der Waals surface area contributed by atoms with Gasteiger partial charge in [-0.15, -0.1) is 0 Å². The van der Waals surface area contributed by atoms with Gasteiger partial charge in [-0.2, -0.15) is 0 Å². The lowest BCUT2D eigenvalue weighted by Crippen LogP contribution is -2.13. The van der Waals surface area contributed by atoms with E-state index in [1.807, 2.05) is 50.2 Å². The molecule has 0 unspecified atom stereocenters. The number of carbonyl (C=O) groups is 1. The Balaban J connectivity index is 1.95. The minimum absolute atomic E-state index is 0.000593. The van der Waals surface area contributed by atoms with Crippen LogP contribution in [-0.2, 0) is 11.2 Å². The number of hydrogen-bond acceptors (Lipinski definition) is 2. The minimum atomic E-state index is 0.000593. The van der Waals surface area contributed by atoms with Crippen LogP contribution >= 0.6 is 11.6 Å². The van der Waals surface area contributed by atoms with E-state index in [4.69, 9.17) is 16.3 Å². The molecule has 4 heteroatoms. The predicted octanol–water partition coefficient (Wildman–Crippen LogP) is 4.54. The molecule has 0 saturated heterocycles. The van der Waals surface area contributed by atoms with Crippen LogP contribution in [0.3, 0.4) is 0 Å². The van der Waals surface area contributed by atoms with E-state index in [0.717, 1.165) is 22.4 Å². The Hall–Kier alpha value is -2.00. The van der Waals surface area contributed by atoms with Crippen LogP contribution in [0.1, 0.15) is 23.1 Å². The largest absolute Gasteiger partial charge is 0.495 e. The normalized spacial score (nSPS) is 10.4. The van der Waals surface area contributed by atoms with E-state index in [1.54, 1.807) is 7.11 Å². The van der Waals surface area contributed by atoms with Crippen molar-refractivity contribution in [2.75, 3.05) is 12.4 Å². The monoisotopic (exact) mass is 317 g/mol. The summed E-state index contributed by atoms with van der Waals surface area (Å²) in [6.07, 6.45) is 1.05. The van der Waals surface area contributed by atoms with Gasteiger partial charge in [0.25, 0.3) is 0 Å². The summed E-state index contributed by atoms with van der Waals surface area (Å²) >= 11 is 6.09. The molecule has 1 amide bonds. The van der Waals surface area contributed by atoms with Crippen molar-refractivity contribution in [3.05, 3.63) is 58.1 Å². The first kappa shape index (κ1) is 16.4. The second-order valence-corrected chi connectivity index (χ2v) is 5.74. The van der Waals surface area contributed by atoms with Gasteiger partial charge in [0, 0.05) is 12.1 Å². The molecule has 2 aromatic carbocycles. The van der Waals surface area contributed by atoms with Crippen LogP contribution in [-0.4, -0.2) is 13.0 Å². The topological polar surface area (TPSA) is 38.3 Å². The lowest BCUT2D eigenvalue weighted by molar-refractivity contribution is -0.116. The molecule has 0 spiro atoms. The van der Waals surface area contributed by atoms with E-state index in [0.29, 0.717) is 23.6 Å². The van der Waals surface area contributed by atoms with E-state index in [1.165, 1.54) is 0 Å². The van der Waals surface area contributed by atoms with Crippen LogP contribution in [0.25, 0.3) is 0 Å². The maximum atomic E-state index is 12.1. The minimum Gasteiger partial charge on any atom is -0.495 e. The highest BCUT2D eigenvalue weighted by Gasteiger charge is 2.07. The van der Waals surface area contributed by atoms with Crippen molar-refractivity contribution in [3.8, 4) is 5.75 Å². The molecule has 0 aliphatic rings. The van der Waals surface area contributed by atoms with Crippen LogP contribution in [0.5, 0.6) is 5.75 Å². The second kappa shape index (κ2) is 7.32. The maximum Gasteiger partial charge on any atom is 0.224 e. The van der Waals surface area contributed by atoms with Gasteiger partial charge in [-0.05, 0) is 55.2 Å². The molecular formula is C18H20ClNO2. The predicted molar refractivity (Wildman–Crippen MR) is 90.9 cm³/mol. The Morgan fingerprint density at radius 1 is 1.18 bits per heavy atom. The van der Waals surface area contributed by atoms with Crippen molar-refractivity contribution in [1.29, 1.82) is 0 Å². The number of methoxy groups -OCH3 is 1. The molecule has 0 aromatic heterocycles. The Kier molecular flexibility index (Phi) is 5.45. The van der Waals surface area contributed by atoms with Gasteiger partial charge in [0.1, 0.15) is 5.75 Å². The summed E-state index contributed by atoms with van der Waals surface area (Å²) < 4.78 is 5.12. The van der Waals surface area contributed by atoms with Gasteiger partial charge in [0.15, 0.2) is 0 Å². The zero-order chi connectivity index (χ0) is 16.1. The molecule has 0 heterocycles. The molecule has 0 bridgehead atoms. The van der Waals surface area contributed by atoms with Crippen LogP contribution in [0, 0.1) is 13.8 Å². The van der Waals surface area contributed by atoms with Gasteiger partial charge in [0.2, 0.25) is 5.91 Å². The van der Waals surface area contributed by atoms with Gasteiger partial charge in [-0.25, -0.2) is 0 Å². The molecule has 0 radical (unpaired) electrons. The Labute approximate surface area is 136 Å². The Morgan fingerprint density at radius 2 is 1.95 bits per heavy atom. The number of rotatable bonds is 5. The first-order chi connectivity index (χ1) is 10.5. The van der Waals surface area contributed by atoms with E-state index in [-0.39, 0.29) is 5.91 Å². The number of aryl methyl sites for hydroxylation is 3. The lowest BCUT2D eigenvalue weighted by atomic mass is 10.1. The van der Waals surface area contributed by atoms with Crippen molar-refractivity contribution in [2.45, 2.75) is 26.7 Å². The smallest absolute Gasteiger partial charge is 0.224 e. The summed E-state index contributed by atoms with van der Waals surface area (Å²) in [7, 11) is 1.58. The molecule has 0 fully saturated rings. The Morgan fingerprint density at radius 3 is 2.64 bits per heavy atom. The third kappa shape index (κ3) is 4.25. The van der Waals surface area contributed by atoms with Gasteiger partial charge in [-0.3, -0.25) is 4.79 Å². The number of hydrogen-bond donors (Lipinski definition) is 1. The highest BCUT2D eigenvalue weighted by molar-refractivity contribution is 6.32. The highest BCUT2D eigenvalue weighted by atomic mass is 35.5. The fraction of sp³-hybridized carbons (Fsp3) is 0.278. The lowest BCUT2D eigenvalue weighted by Gasteiger charge is -2.10. The number of halogens is 1. The molecule has 2 aromatic rings. The quantitative estimate of drug-likeness (QED) is 0.879. The summed E-state index contributed by atoms with van der Waals surface area (Å²) in [5.41, 5.74) is 4.08. The average Bonchev–Trinajstić information content (AvgIpc) is 2.49. The molecular weight excluding hydrogens is 298 g/mol. The summed E-state index contributed by atoms with van der Waals surface area (Å²) in [5.74, 6) is 0.644. The highest BCUT2D eigenvalue weighted by Crippen LogP contribution is 2.25. The third-order valence-corrected chi connectivity index (χ3v) is 3.82. The molecule has 0 saturated carbocycles. The summed E-state index contributed by atoms with van der Waals surface area (Å²) in [6.45, 7) is 3.99. The maximum absolute atomic E-state index is 12.1. The Bertz CT molecular complexity index is 683. The first-order valence-electron chi connectivity index (χ1n) is 7.19. The van der Waals surface area contributed by atoms with Gasteiger partial charge in [-0.1, -0.05) is 29.8 Å². The van der Waals surface area contributed by atoms with Crippen LogP contribution in [0.2, 0.25) is 5.02 Å². The molecule has 2 rings (SSSR count). The van der Waals surface area contributed by atoms with Crippen LogP contribution in [0.15, 0.2) is 36.4 Å². The fourth-order valence-electron chi connectivity index (χ4n) is 2.21. The molecule has 0 aliphatic heterocycles. The average molecular weight is 318 g/mol. The third-order valence-electron chi connectivity index (χ3n) is 3.52. The van der Waals surface area contributed by atoms with Crippen molar-refractivity contribution in [1.82, 2.24) is 0 Å². The van der Waals surface area contributed by atoms with Gasteiger partial charge in [0.05, 0.1) is 12.1 Å². The van der Waals surface area contributed by atoms with Crippen molar-refractivity contribution in [3.63, 3.8) is 0 Å². The zero-order valence-corrected chi connectivity index (χ0v) is 13.8. The SMILES string of the molecule is COc1ccc(CCC(=O)Nc2cc(C)ccc2C)cc1Cl. The van der Waals surface area contributed by atoms with E-state index < -0.39 is 0 Å². The number of nitrogens with one attached hydrogen (secondary N) is 1. The first-order valence-corrected chi connectivity index (χ1v) is 7.57. The van der Waals surface area contributed by atoms with E-state index >= 15 is 0 Å². The van der Waals surface area contributed by atoms with Gasteiger partial charge >= 0.3 is 0 Å². The standard InChI is InChI=1S/C18H20ClNO2/c1-12-4-5-13(2)16(10-12)20-18(21)9-7-14-6-8-17(22-3)15(19)11-14/h4-6,8,10-11H,7,9H2,1-3H3,(H,20,21). The van der Waals surface area contributed by atoms with Crippen LogP contribution < -0.4 is 10.1 Å². The number of benzene rings is 2. The van der Waals surface area contributed by atoms with Crippen molar-refractivity contribution < 1.29 is 9.53 Å². The second-order valence-electron chi connectivity index (χ2n) is 5.34. The van der Waals surface area contributed by atoms with E-state index in [9.17, 15) is 4.79 Å². The molecule has 0 atom stereocenters. The van der Waals surface area contributed by atoms with Crippen molar-refractivity contribution >= 4 is 23.2 Å². The van der Waals surface area contributed by atoms with Gasteiger partial charge < -0.3 is 10.1 Å². The number of carbonyl (C=O) groups excluding carboxylic acids is 1. The fourth-order valence-corrected chi connectivity index (χ4v) is 2.49. The number of ether oxygens (including phenoxy) is 1. The molecule has 0 aliphatic carbocycles. The summed E-state index contributed by atoms with van der Waals surface area (Å²) in [4.78, 5) is 12.1. The van der Waals surface area contributed by atoms with E-state index in [2.05, 4.69) is 5.32 Å². The molecule has 3 nitrogen and oxygen atoms in total. The summed E-state index contributed by atoms with van der Waals surface area (Å²) in [6, 6.07) is 11.6.